The first-order valence-electron chi connectivity index (χ1n) is 10.8. The van der Waals surface area contributed by atoms with Crippen molar-refractivity contribution >= 4 is 17.7 Å². The second kappa shape index (κ2) is 10.4. The summed E-state index contributed by atoms with van der Waals surface area (Å²) in [5, 5.41) is 2.71. The molecule has 188 valence electrons. The molecule has 1 N–H and O–H groups in total. The molecule has 0 spiro atoms. The van der Waals surface area contributed by atoms with Gasteiger partial charge in [-0.15, -0.1) is 5.73 Å². The molecule has 2 nitrogen and oxygen atoms in total. The largest absolute Gasteiger partial charge is 0.417 e. The molecule has 35 heavy (non-hydrogen) atoms. The Hall–Kier alpha value is -2.90. The number of carbonyl (C=O) groups is 1. The van der Waals surface area contributed by atoms with Gasteiger partial charge < -0.3 is 5.32 Å². The quantitative estimate of drug-likeness (QED) is 0.324. The van der Waals surface area contributed by atoms with Gasteiger partial charge in [-0.2, -0.15) is 26.3 Å². The van der Waals surface area contributed by atoms with Crippen molar-refractivity contribution in [1.82, 2.24) is 5.32 Å². The van der Waals surface area contributed by atoms with Gasteiger partial charge in [-0.05, 0) is 75.6 Å². The molecule has 1 heterocycles. The van der Waals surface area contributed by atoms with Crippen LogP contribution in [0.25, 0.3) is 0 Å². The Bertz CT molecular complexity index is 1210. The minimum Gasteiger partial charge on any atom is -0.345 e. The molecule has 1 aliphatic carbocycles. The summed E-state index contributed by atoms with van der Waals surface area (Å²) in [7, 11) is 0. The van der Waals surface area contributed by atoms with Gasteiger partial charge in [0.05, 0.1) is 17.2 Å². The summed E-state index contributed by atoms with van der Waals surface area (Å²) in [5.41, 5.74) is 2.07. The van der Waals surface area contributed by atoms with E-state index in [2.05, 4.69) is 11.0 Å². The van der Waals surface area contributed by atoms with E-state index in [1.165, 1.54) is 36.9 Å². The van der Waals surface area contributed by atoms with Crippen molar-refractivity contribution in [3.63, 3.8) is 0 Å². The highest BCUT2D eigenvalue weighted by atomic mass is 32.2. The average Bonchev–Trinajstić information content (AvgIpc) is 3.08. The second-order valence-electron chi connectivity index (χ2n) is 8.24. The van der Waals surface area contributed by atoms with Crippen LogP contribution in [0, 0.1) is 0 Å². The van der Waals surface area contributed by atoms with Gasteiger partial charge in [-0.1, -0.05) is 29.5 Å². The van der Waals surface area contributed by atoms with E-state index in [0.29, 0.717) is 28.2 Å². The molecule has 1 aromatic rings. The molecule has 3 rings (SSSR count). The van der Waals surface area contributed by atoms with Gasteiger partial charge in [0.25, 0.3) is 5.91 Å². The molecule has 0 aromatic heterocycles. The van der Waals surface area contributed by atoms with Crippen LogP contribution in [-0.2, 0) is 6.18 Å². The normalized spacial score (nSPS) is 18.1. The molecule has 1 aliphatic heterocycles. The molecular weight excluding hydrogens is 488 g/mol. The SMILES string of the molecule is CC1=C=CC=C(C2=C(C)CCC=C(C(C)NC(=O)c3cccc(C(F)(F)F)c3)S2)C=C1C(F)(F)F.[HH]. The predicted molar refractivity (Wildman–Crippen MR) is 128 cm³/mol. The summed E-state index contributed by atoms with van der Waals surface area (Å²) < 4.78 is 79.7. The molecule has 0 fully saturated rings. The van der Waals surface area contributed by atoms with Crippen molar-refractivity contribution in [2.24, 2.45) is 0 Å². The monoisotopic (exact) mass is 513 g/mol. The number of carbonyl (C=O) groups excluding carboxylic acids is 1. The first kappa shape index (κ1) is 26.7. The smallest absolute Gasteiger partial charge is 0.345 e. The highest BCUT2D eigenvalue weighted by molar-refractivity contribution is 8.07. The first-order valence-corrected chi connectivity index (χ1v) is 11.6. The fourth-order valence-electron chi connectivity index (χ4n) is 3.63. The van der Waals surface area contributed by atoms with Gasteiger partial charge in [0.1, 0.15) is 0 Å². The topological polar surface area (TPSA) is 29.1 Å². The Morgan fingerprint density at radius 1 is 1.14 bits per heavy atom. The number of halogens is 6. The summed E-state index contributed by atoms with van der Waals surface area (Å²) >= 11 is 1.25. The van der Waals surface area contributed by atoms with Gasteiger partial charge in [0.2, 0.25) is 0 Å². The second-order valence-corrected chi connectivity index (χ2v) is 9.33. The maximum atomic E-state index is 13.6. The fourth-order valence-corrected chi connectivity index (χ4v) is 4.82. The number of hydrogen-bond donors (Lipinski definition) is 1. The third kappa shape index (κ3) is 6.61. The molecule has 0 bridgehead atoms. The van der Waals surface area contributed by atoms with E-state index in [0.717, 1.165) is 23.8 Å². The number of benzene rings is 1. The van der Waals surface area contributed by atoms with Crippen molar-refractivity contribution in [3.8, 4) is 0 Å². The summed E-state index contributed by atoms with van der Waals surface area (Å²) in [4.78, 5) is 14.0. The van der Waals surface area contributed by atoms with Gasteiger partial charge in [0.15, 0.2) is 0 Å². The standard InChI is InChI=1S/C26H23F6NOS.H2/c1-15-7-4-9-18(14-21(15)26(30,31)32)23-16(2)8-5-12-22(35-23)17(3)33-24(34)19-10-6-11-20(13-19)25(27,28)29;/h4,6,9-14,17H,5,8H2,1-3H3,(H,33,34);1H. The molecule has 0 saturated heterocycles. The molecule has 1 amide bonds. The van der Waals surface area contributed by atoms with Crippen LogP contribution in [0.4, 0.5) is 26.3 Å². The fraction of sp³-hybridized carbons (Fsp3) is 0.308. The molecule has 1 unspecified atom stereocenters. The number of nitrogens with one attached hydrogen (secondary N) is 1. The molecule has 1 atom stereocenters. The summed E-state index contributed by atoms with van der Waals surface area (Å²) in [6, 6.07) is 3.56. The van der Waals surface area contributed by atoms with Crippen LogP contribution in [0.15, 0.2) is 86.4 Å². The van der Waals surface area contributed by atoms with Crippen LogP contribution in [0.5, 0.6) is 0 Å². The zero-order valence-corrected chi connectivity index (χ0v) is 20.0. The molecule has 9 heteroatoms. The van der Waals surface area contributed by atoms with Gasteiger partial charge in [-0.3, -0.25) is 4.79 Å². The van der Waals surface area contributed by atoms with Gasteiger partial charge in [-0.25, -0.2) is 0 Å². The average molecular weight is 514 g/mol. The zero-order chi connectivity index (χ0) is 26.0. The van der Waals surface area contributed by atoms with Crippen molar-refractivity contribution in [2.45, 2.75) is 52.0 Å². The Labute approximate surface area is 205 Å². The lowest BCUT2D eigenvalue weighted by Gasteiger charge is -2.20. The maximum Gasteiger partial charge on any atom is 0.417 e. The van der Waals surface area contributed by atoms with E-state index >= 15 is 0 Å². The lowest BCUT2D eigenvalue weighted by molar-refractivity contribution is -0.137. The number of hydrogen-bond acceptors (Lipinski definition) is 2. The van der Waals surface area contributed by atoms with Crippen LogP contribution in [0.1, 0.15) is 51.0 Å². The molecule has 0 saturated carbocycles. The maximum absolute atomic E-state index is 13.6. The number of thioether (sulfide) groups is 1. The lowest BCUT2D eigenvalue weighted by Crippen LogP contribution is -2.33. The first-order chi connectivity index (χ1) is 16.3. The number of rotatable bonds is 4. The Morgan fingerprint density at radius 2 is 1.86 bits per heavy atom. The molecular formula is C26H25F6NOS. The van der Waals surface area contributed by atoms with E-state index in [1.54, 1.807) is 13.0 Å². The number of amides is 1. The molecule has 2 aliphatic rings. The van der Waals surface area contributed by atoms with E-state index in [4.69, 9.17) is 0 Å². The molecule has 0 radical (unpaired) electrons. The minimum atomic E-state index is -4.57. The van der Waals surface area contributed by atoms with Crippen molar-refractivity contribution in [2.75, 3.05) is 0 Å². The zero-order valence-electron chi connectivity index (χ0n) is 19.2. The van der Waals surface area contributed by atoms with Crippen LogP contribution in [0.2, 0.25) is 0 Å². The lowest BCUT2D eigenvalue weighted by atomic mass is 10.0. The predicted octanol–water partition coefficient (Wildman–Crippen LogP) is 8.28. The van der Waals surface area contributed by atoms with Crippen molar-refractivity contribution < 1.29 is 32.6 Å². The highest BCUT2D eigenvalue weighted by Crippen LogP contribution is 2.42. The third-order valence-corrected chi connectivity index (χ3v) is 7.08. The van der Waals surface area contributed by atoms with E-state index < -0.39 is 35.4 Å². The van der Waals surface area contributed by atoms with Gasteiger partial charge >= 0.3 is 12.4 Å². The Kier molecular flexibility index (Phi) is 7.92. The van der Waals surface area contributed by atoms with Crippen LogP contribution in [-0.4, -0.2) is 18.1 Å². The van der Waals surface area contributed by atoms with Crippen LogP contribution >= 0.6 is 11.8 Å². The van der Waals surface area contributed by atoms with E-state index in [9.17, 15) is 31.1 Å². The minimum absolute atomic E-state index is 0. The summed E-state index contributed by atoms with van der Waals surface area (Å²) in [5.74, 6) is -0.674. The highest BCUT2D eigenvalue weighted by Gasteiger charge is 2.35. The van der Waals surface area contributed by atoms with Gasteiger partial charge in [0, 0.05) is 22.4 Å². The third-order valence-electron chi connectivity index (χ3n) is 5.53. The molecule has 1 aromatic carbocycles. The van der Waals surface area contributed by atoms with Crippen LogP contribution < -0.4 is 5.32 Å². The summed E-state index contributed by atoms with van der Waals surface area (Å²) in [6.45, 7) is 4.89. The van der Waals surface area contributed by atoms with Crippen LogP contribution in [0.3, 0.4) is 0 Å². The number of alkyl halides is 6. The number of allylic oxidation sites excluding steroid dienone is 7. The Balaban J connectivity index is 0.00000456. The Morgan fingerprint density at radius 3 is 2.51 bits per heavy atom. The summed E-state index contributed by atoms with van der Waals surface area (Å²) in [6.07, 6.45) is -1.87. The van der Waals surface area contributed by atoms with E-state index in [1.807, 2.05) is 13.0 Å². The van der Waals surface area contributed by atoms with E-state index in [-0.39, 0.29) is 12.6 Å². The van der Waals surface area contributed by atoms with Crippen molar-refractivity contribution in [3.05, 3.63) is 97.5 Å². The van der Waals surface area contributed by atoms with Crippen molar-refractivity contribution in [1.29, 1.82) is 0 Å².